The lowest BCUT2D eigenvalue weighted by molar-refractivity contribution is -0.123. The fourth-order valence-corrected chi connectivity index (χ4v) is 3.04. The molecular weight excluding hydrogens is 370 g/mol. The van der Waals surface area contributed by atoms with E-state index in [2.05, 4.69) is 21.2 Å². The summed E-state index contributed by atoms with van der Waals surface area (Å²) in [5.41, 5.74) is 3.04. The molecule has 0 aliphatic carbocycles. The van der Waals surface area contributed by atoms with Gasteiger partial charge >= 0.3 is 0 Å². The van der Waals surface area contributed by atoms with Crippen LogP contribution in [0.5, 0.6) is 11.5 Å². The molecule has 0 radical (unpaired) electrons. The number of halogens is 1. The molecule has 0 fully saturated rings. The van der Waals surface area contributed by atoms with Gasteiger partial charge in [0.2, 0.25) is 0 Å². The summed E-state index contributed by atoms with van der Waals surface area (Å²) in [5, 5.41) is 2.94. The van der Waals surface area contributed by atoms with Crippen molar-refractivity contribution in [3.63, 3.8) is 0 Å². The first-order valence-corrected chi connectivity index (χ1v) is 8.53. The lowest BCUT2D eigenvalue weighted by atomic mass is 10.1. The normalized spacial score (nSPS) is 11.7. The van der Waals surface area contributed by atoms with Crippen LogP contribution in [-0.4, -0.2) is 19.6 Å². The molecule has 24 heavy (non-hydrogen) atoms. The molecule has 5 heteroatoms. The first-order chi connectivity index (χ1) is 11.4. The summed E-state index contributed by atoms with van der Waals surface area (Å²) in [6.07, 6.45) is 0. The second-order valence-electron chi connectivity index (χ2n) is 5.69. The van der Waals surface area contributed by atoms with Gasteiger partial charge in [0.1, 0.15) is 11.5 Å². The Morgan fingerprint density at radius 2 is 1.88 bits per heavy atom. The number of benzene rings is 2. The monoisotopic (exact) mass is 391 g/mol. The van der Waals surface area contributed by atoms with Crippen LogP contribution in [0.15, 0.2) is 40.9 Å². The molecule has 0 unspecified atom stereocenters. The van der Waals surface area contributed by atoms with Gasteiger partial charge in [-0.15, -0.1) is 0 Å². The van der Waals surface area contributed by atoms with Crippen molar-refractivity contribution in [2.24, 2.45) is 0 Å². The molecule has 0 saturated heterocycles. The van der Waals surface area contributed by atoms with Gasteiger partial charge in [-0.25, -0.2) is 0 Å². The van der Waals surface area contributed by atoms with E-state index in [9.17, 15) is 4.79 Å². The molecule has 0 aliphatic rings. The Hall–Kier alpha value is -2.01. The minimum atomic E-state index is -0.155. The average Bonchev–Trinajstić information content (AvgIpc) is 2.54. The average molecular weight is 392 g/mol. The smallest absolute Gasteiger partial charge is 0.258 e. The number of carbonyl (C=O) groups is 1. The third-order valence-corrected chi connectivity index (χ3v) is 4.43. The summed E-state index contributed by atoms with van der Waals surface area (Å²) in [5.74, 6) is 1.38. The number of carbonyl (C=O) groups excluding carboxylic acids is 1. The summed E-state index contributed by atoms with van der Waals surface area (Å²) < 4.78 is 11.8. The minimum absolute atomic E-state index is 0.00659. The fraction of sp³-hybridized carbons (Fsp3) is 0.316. The van der Waals surface area contributed by atoms with Crippen molar-refractivity contribution in [1.29, 1.82) is 0 Å². The Balaban J connectivity index is 1.95. The molecule has 0 saturated carbocycles. The minimum Gasteiger partial charge on any atom is -0.496 e. The number of hydrogen-bond donors (Lipinski definition) is 1. The Kier molecular flexibility index (Phi) is 6.26. The van der Waals surface area contributed by atoms with Crippen LogP contribution >= 0.6 is 15.9 Å². The SMILES string of the molecule is COc1ccc([C@@H](C)NC(=O)COc2c(C)cccc2C)cc1Br. The first-order valence-electron chi connectivity index (χ1n) is 7.74. The Morgan fingerprint density at radius 1 is 1.21 bits per heavy atom. The van der Waals surface area contributed by atoms with Crippen LogP contribution in [0.1, 0.15) is 29.7 Å². The molecule has 0 bridgehead atoms. The maximum absolute atomic E-state index is 12.2. The van der Waals surface area contributed by atoms with Gasteiger partial charge in [0.05, 0.1) is 17.6 Å². The highest BCUT2D eigenvalue weighted by Crippen LogP contribution is 2.28. The molecule has 2 aromatic carbocycles. The predicted molar refractivity (Wildman–Crippen MR) is 98.7 cm³/mol. The zero-order valence-electron chi connectivity index (χ0n) is 14.4. The highest BCUT2D eigenvalue weighted by atomic mass is 79.9. The molecule has 1 amide bonds. The zero-order valence-corrected chi connectivity index (χ0v) is 15.9. The Morgan fingerprint density at radius 3 is 2.46 bits per heavy atom. The van der Waals surface area contributed by atoms with Crippen molar-refractivity contribution in [2.45, 2.75) is 26.8 Å². The van der Waals surface area contributed by atoms with E-state index in [1.54, 1.807) is 7.11 Å². The number of ether oxygens (including phenoxy) is 2. The van der Waals surface area contributed by atoms with Crippen molar-refractivity contribution in [3.05, 3.63) is 57.6 Å². The first kappa shape index (κ1) is 18.3. The van der Waals surface area contributed by atoms with E-state index in [1.165, 1.54) is 0 Å². The number of methoxy groups -OCH3 is 1. The van der Waals surface area contributed by atoms with Gasteiger partial charge < -0.3 is 14.8 Å². The van der Waals surface area contributed by atoms with Gasteiger partial charge in [-0.3, -0.25) is 4.79 Å². The van der Waals surface area contributed by atoms with E-state index in [0.717, 1.165) is 32.7 Å². The molecule has 1 atom stereocenters. The van der Waals surface area contributed by atoms with Gasteiger partial charge in [0.25, 0.3) is 5.91 Å². The fourth-order valence-electron chi connectivity index (χ4n) is 2.48. The van der Waals surface area contributed by atoms with E-state index in [0.29, 0.717) is 0 Å². The molecule has 0 heterocycles. The molecule has 128 valence electrons. The van der Waals surface area contributed by atoms with Gasteiger partial charge in [-0.05, 0) is 65.5 Å². The molecule has 0 aliphatic heterocycles. The summed E-state index contributed by atoms with van der Waals surface area (Å²) in [6.45, 7) is 5.87. The van der Waals surface area contributed by atoms with Crippen molar-refractivity contribution >= 4 is 21.8 Å². The van der Waals surface area contributed by atoms with Crippen molar-refractivity contribution < 1.29 is 14.3 Å². The largest absolute Gasteiger partial charge is 0.496 e. The van der Waals surface area contributed by atoms with Crippen LogP contribution in [0.4, 0.5) is 0 Å². The van der Waals surface area contributed by atoms with Gasteiger partial charge in [0.15, 0.2) is 6.61 Å². The standard InChI is InChI=1S/C19H22BrNO3/c1-12-6-5-7-13(2)19(12)24-11-18(22)21-14(3)15-8-9-17(23-4)16(20)10-15/h5-10,14H,11H2,1-4H3,(H,21,22)/t14-/m1/s1. The molecule has 0 spiro atoms. The van der Waals surface area contributed by atoms with Gasteiger partial charge in [0, 0.05) is 0 Å². The Bertz CT molecular complexity index is 710. The van der Waals surface area contributed by atoms with Crippen LogP contribution in [0.25, 0.3) is 0 Å². The van der Waals surface area contributed by atoms with Crippen LogP contribution in [0, 0.1) is 13.8 Å². The van der Waals surface area contributed by atoms with Gasteiger partial charge in [-0.1, -0.05) is 24.3 Å². The number of para-hydroxylation sites is 1. The lowest BCUT2D eigenvalue weighted by Crippen LogP contribution is -2.31. The number of nitrogens with one attached hydrogen (secondary N) is 1. The van der Waals surface area contributed by atoms with Crippen LogP contribution < -0.4 is 14.8 Å². The molecule has 1 N–H and O–H groups in total. The summed E-state index contributed by atoms with van der Waals surface area (Å²) in [4.78, 5) is 12.2. The van der Waals surface area contributed by atoms with E-state index in [4.69, 9.17) is 9.47 Å². The third-order valence-electron chi connectivity index (χ3n) is 3.81. The van der Waals surface area contributed by atoms with E-state index in [-0.39, 0.29) is 18.6 Å². The maximum Gasteiger partial charge on any atom is 0.258 e. The van der Waals surface area contributed by atoms with E-state index in [1.807, 2.05) is 57.2 Å². The van der Waals surface area contributed by atoms with E-state index < -0.39 is 0 Å². The molecule has 2 rings (SSSR count). The summed E-state index contributed by atoms with van der Waals surface area (Å²) in [7, 11) is 1.62. The van der Waals surface area contributed by atoms with Crippen LogP contribution in [0.2, 0.25) is 0 Å². The second-order valence-corrected chi connectivity index (χ2v) is 6.55. The van der Waals surface area contributed by atoms with Crippen LogP contribution in [0.3, 0.4) is 0 Å². The number of aryl methyl sites for hydroxylation is 2. The maximum atomic E-state index is 12.2. The second kappa shape index (κ2) is 8.20. The van der Waals surface area contributed by atoms with Crippen molar-refractivity contribution in [2.75, 3.05) is 13.7 Å². The summed E-state index contributed by atoms with van der Waals surface area (Å²) in [6, 6.07) is 11.5. The summed E-state index contributed by atoms with van der Waals surface area (Å²) >= 11 is 3.46. The molecule has 0 aromatic heterocycles. The molecule has 2 aromatic rings. The van der Waals surface area contributed by atoms with Gasteiger partial charge in [-0.2, -0.15) is 0 Å². The Labute approximate surface area is 151 Å². The quantitative estimate of drug-likeness (QED) is 0.796. The lowest BCUT2D eigenvalue weighted by Gasteiger charge is -2.17. The number of amides is 1. The highest BCUT2D eigenvalue weighted by Gasteiger charge is 2.13. The van der Waals surface area contributed by atoms with Crippen molar-refractivity contribution in [3.8, 4) is 11.5 Å². The zero-order chi connectivity index (χ0) is 17.7. The van der Waals surface area contributed by atoms with Crippen molar-refractivity contribution in [1.82, 2.24) is 5.32 Å². The third kappa shape index (κ3) is 4.51. The number of hydrogen-bond acceptors (Lipinski definition) is 3. The predicted octanol–water partition coefficient (Wildman–Crippen LogP) is 4.33. The topological polar surface area (TPSA) is 47.6 Å². The number of rotatable bonds is 6. The van der Waals surface area contributed by atoms with E-state index >= 15 is 0 Å². The highest BCUT2D eigenvalue weighted by molar-refractivity contribution is 9.10. The van der Waals surface area contributed by atoms with Crippen LogP contribution in [-0.2, 0) is 4.79 Å². The molecular formula is C19H22BrNO3. The molecule has 4 nitrogen and oxygen atoms in total.